The molecule has 0 saturated carbocycles. The summed E-state index contributed by atoms with van der Waals surface area (Å²) in [6, 6.07) is 4.30. The van der Waals surface area contributed by atoms with Gasteiger partial charge in [-0.3, -0.25) is 0 Å². The Morgan fingerprint density at radius 2 is 2.20 bits per heavy atom. The number of ether oxygens (including phenoxy) is 1. The molecule has 0 saturated heterocycles. The first-order valence-electron chi connectivity index (χ1n) is 2.73. The van der Waals surface area contributed by atoms with Crippen LogP contribution in [0.25, 0.3) is 0 Å². The average Bonchev–Trinajstić information content (AvgIpc) is 1.95. The molecule has 1 aromatic rings. The van der Waals surface area contributed by atoms with E-state index in [-0.39, 0.29) is 5.02 Å². The van der Waals surface area contributed by atoms with E-state index in [9.17, 15) is 4.39 Å². The van der Waals surface area contributed by atoms with Gasteiger partial charge in [-0.1, -0.05) is 11.6 Å². The molecule has 1 aromatic carbocycles. The molecule has 0 aliphatic rings. The molecule has 0 fully saturated rings. The molecule has 0 heterocycles. The summed E-state index contributed by atoms with van der Waals surface area (Å²) in [5.41, 5.74) is 0. The van der Waals surface area contributed by atoms with Crippen molar-refractivity contribution in [1.29, 1.82) is 0 Å². The van der Waals surface area contributed by atoms with Crippen LogP contribution in [-0.4, -0.2) is 7.11 Å². The van der Waals surface area contributed by atoms with Crippen molar-refractivity contribution in [1.82, 2.24) is 0 Å². The van der Waals surface area contributed by atoms with Crippen LogP contribution in [0, 0.1) is 5.82 Å². The van der Waals surface area contributed by atoms with Crippen molar-refractivity contribution in [2.75, 3.05) is 7.11 Å². The fourth-order valence-corrected chi connectivity index (χ4v) is 0.721. The fraction of sp³-hybridized carbons (Fsp3) is 0.143. The van der Waals surface area contributed by atoms with Gasteiger partial charge in [0.1, 0.15) is 11.6 Å². The van der Waals surface area contributed by atoms with Gasteiger partial charge in [-0.05, 0) is 12.1 Å². The van der Waals surface area contributed by atoms with E-state index in [1.165, 1.54) is 19.2 Å². The number of rotatable bonds is 1. The van der Waals surface area contributed by atoms with Crippen molar-refractivity contribution < 1.29 is 9.13 Å². The molecule has 0 spiro atoms. The topological polar surface area (TPSA) is 9.23 Å². The Labute approximate surface area is 63.4 Å². The molecule has 1 rings (SSSR count). The van der Waals surface area contributed by atoms with Crippen LogP contribution >= 0.6 is 11.6 Å². The van der Waals surface area contributed by atoms with Gasteiger partial charge in [-0.25, -0.2) is 4.39 Å². The quantitative estimate of drug-likeness (QED) is 0.613. The van der Waals surface area contributed by atoms with Crippen molar-refractivity contribution in [3.05, 3.63) is 29.0 Å². The van der Waals surface area contributed by atoms with Gasteiger partial charge in [0.2, 0.25) is 0 Å². The molecule has 0 aliphatic heterocycles. The van der Waals surface area contributed by atoms with E-state index in [4.69, 9.17) is 16.3 Å². The van der Waals surface area contributed by atoms with Crippen molar-refractivity contribution in [2.45, 2.75) is 0 Å². The summed E-state index contributed by atoms with van der Waals surface area (Å²) in [5.74, 6) is 0.0166. The minimum Gasteiger partial charge on any atom is -0.497 e. The van der Waals surface area contributed by atoms with Crippen LogP contribution in [0.4, 0.5) is 4.39 Å². The average molecular weight is 161 g/mol. The molecule has 0 amide bonds. The monoisotopic (exact) mass is 160 g/mol. The third kappa shape index (κ3) is 1.39. The lowest BCUT2D eigenvalue weighted by Crippen LogP contribution is -1.83. The summed E-state index contributed by atoms with van der Waals surface area (Å²) in [6.07, 6.45) is 0. The normalized spacial score (nSPS) is 9.50. The van der Waals surface area contributed by atoms with E-state index in [0.717, 1.165) is 0 Å². The first-order valence-corrected chi connectivity index (χ1v) is 3.11. The second-order valence-corrected chi connectivity index (χ2v) is 2.19. The van der Waals surface area contributed by atoms with Crippen LogP contribution in [0.3, 0.4) is 0 Å². The number of hydrogen-bond acceptors (Lipinski definition) is 1. The van der Waals surface area contributed by atoms with Crippen LogP contribution in [0.1, 0.15) is 0 Å². The maximum atomic E-state index is 12.6. The van der Waals surface area contributed by atoms with Crippen molar-refractivity contribution >= 4 is 11.6 Å². The van der Waals surface area contributed by atoms with E-state index in [0.29, 0.717) is 5.75 Å². The van der Waals surface area contributed by atoms with E-state index >= 15 is 0 Å². The maximum Gasteiger partial charge on any atom is 0.145 e. The predicted octanol–water partition coefficient (Wildman–Crippen LogP) is 2.49. The standard InChI is InChI=1S/C7H6ClFO/c1-10-5-2-3-6(8)7(9)4-5/h2-4H,1H3. The minimum absolute atomic E-state index is 0.112. The van der Waals surface area contributed by atoms with E-state index < -0.39 is 5.82 Å². The van der Waals surface area contributed by atoms with Crippen molar-refractivity contribution in [2.24, 2.45) is 0 Å². The van der Waals surface area contributed by atoms with Gasteiger partial charge in [0, 0.05) is 6.07 Å². The SMILES string of the molecule is COc1ccc(Cl)c(F)c1. The third-order valence-electron chi connectivity index (χ3n) is 1.13. The lowest BCUT2D eigenvalue weighted by atomic mass is 10.3. The highest BCUT2D eigenvalue weighted by atomic mass is 35.5. The summed E-state index contributed by atoms with van der Waals surface area (Å²) < 4.78 is 17.3. The first kappa shape index (κ1) is 7.35. The van der Waals surface area contributed by atoms with Gasteiger partial charge >= 0.3 is 0 Å². The molecule has 0 radical (unpaired) electrons. The molecule has 0 aliphatic carbocycles. The highest BCUT2D eigenvalue weighted by Gasteiger charge is 1.98. The minimum atomic E-state index is -0.457. The molecule has 0 unspecified atom stereocenters. The van der Waals surface area contributed by atoms with Crippen molar-refractivity contribution in [3.8, 4) is 5.75 Å². The summed E-state index contributed by atoms with van der Waals surface area (Å²) >= 11 is 5.41. The zero-order chi connectivity index (χ0) is 7.56. The van der Waals surface area contributed by atoms with Crippen LogP contribution < -0.4 is 4.74 Å². The van der Waals surface area contributed by atoms with Crippen LogP contribution in [0.2, 0.25) is 5.02 Å². The van der Waals surface area contributed by atoms with E-state index in [1.807, 2.05) is 0 Å². The predicted molar refractivity (Wildman–Crippen MR) is 38.0 cm³/mol. The molecule has 3 heteroatoms. The highest BCUT2D eigenvalue weighted by molar-refractivity contribution is 6.30. The van der Waals surface area contributed by atoms with E-state index in [2.05, 4.69) is 0 Å². The molecule has 10 heavy (non-hydrogen) atoms. The van der Waals surface area contributed by atoms with Crippen LogP contribution in [0.5, 0.6) is 5.75 Å². The highest BCUT2D eigenvalue weighted by Crippen LogP contribution is 2.19. The van der Waals surface area contributed by atoms with Gasteiger partial charge in [0.25, 0.3) is 0 Å². The summed E-state index contributed by atoms with van der Waals surface area (Å²) in [7, 11) is 1.47. The molecule has 0 atom stereocenters. The lowest BCUT2D eigenvalue weighted by Gasteiger charge is -1.98. The Kier molecular flexibility index (Phi) is 2.12. The van der Waals surface area contributed by atoms with Crippen LogP contribution in [0.15, 0.2) is 18.2 Å². The van der Waals surface area contributed by atoms with Gasteiger partial charge in [-0.2, -0.15) is 0 Å². The summed E-state index contributed by atoms with van der Waals surface area (Å²) in [5, 5.41) is 0.112. The smallest absolute Gasteiger partial charge is 0.145 e. The van der Waals surface area contributed by atoms with Crippen molar-refractivity contribution in [3.63, 3.8) is 0 Å². The van der Waals surface area contributed by atoms with Crippen LogP contribution in [-0.2, 0) is 0 Å². The molecular formula is C7H6ClFO. The lowest BCUT2D eigenvalue weighted by molar-refractivity contribution is 0.411. The number of benzene rings is 1. The number of hydrogen-bond donors (Lipinski definition) is 0. The van der Waals surface area contributed by atoms with Gasteiger partial charge in [0.05, 0.1) is 12.1 Å². The zero-order valence-corrected chi connectivity index (χ0v) is 6.15. The Bertz CT molecular complexity index is 237. The number of halogens is 2. The van der Waals surface area contributed by atoms with Gasteiger partial charge in [-0.15, -0.1) is 0 Å². The first-order chi connectivity index (χ1) is 4.74. The van der Waals surface area contributed by atoms with E-state index in [1.54, 1.807) is 6.07 Å². The molecular weight excluding hydrogens is 155 g/mol. The zero-order valence-electron chi connectivity index (χ0n) is 5.40. The Balaban J connectivity index is 3.04. The molecule has 0 bridgehead atoms. The van der Waals surface area contributed by atoms with Gasteiger partial charge in [0.15, 0.2) is 0 Å². The summed E-state index contributed by atoms with van der Waals surface area (Å²) in [6.45, 7) is 0. The molecule has 1 nitrogen and oxygen atoms in total. The third-order valence-corrected chi connectivity index (χ3v) is 1.43. The fourth-order valence-electron chi connectivity index (χ4n) is 0.604. The molecule has 54 valence electrons. The Hall–Kier alpha value is -0.760. The molecule has 0 N–H and O–H groups in total. The largest absolute Gasteiger partial charge is 0.497 e. The second kappa shape index (κ2) is 2.88. The Morgan fingerprint density at radius 1 is 1.50 bits per heavy atom. The van der Waals surface area contributed by atoms with Gasteiger partial charge < -0.3 is 4.74 Å². The second-order valence-electron chi connectivity index (χ2n) is 1.78. The maximum absolute atomic E-state index is 12.6. The molecule has 0 aromatic heterocycles. The number of methoxy groups -OCH3 is 1. The summed E-state index contributed by atoms with van der Waals surface area (Å²) in [4.78, 5) is 0. The Morgan fingerprint density at radius 3 is 2.70 bits per heavy atom.